The summed E-state index contributed by atoms with van der Waals surface area (Å²) in [6.07, 6.45) is -1.09. The van der Waals surface area contributed by atoms with Gasteiger partial charge in [-0.15, -0.1) is 0 Å². The Balaban J connectivity index is 1.61. The molecule has 2 aromatic carbocycles. The summed E-state index contributed by atoms with van der Waals surface area (Å²) in [5.41, 5.74) is 2.16. The van der Waals surface area contributed by atoms with Crippen LogP contribution in [0.15, 0.2) is 42.5 Å². The van der Waals surface area contributed by atoms with Crippen LogP contribution in [0.5, 0.6) is 0 Å². The number of hydrogen-bond acceptors (Lipinski definition) is 2. The van der Waals surface area contributed by atoms with Crippen LogP contribution in [0.25, 0.3) is 0 Å². The van der Waals surface area contributed by atoms with Crippen molar-refractivity contribution in [3.63, 3.8) is 0 Å². The maximum Gasteiger partial charge on any atom is 0.416 e. The van der Waals surface area contributed by atoms with Crippen molar-refractivity contribution in [2.45, 2.75) is 37.4 Å². The molecule has 5 rings (SSSR count). The van der Waals surface area contributed by atoms with Gasteiger partial charge in [0.05, 0.1) is 17.2 Å². The minimum absolute atomic E-state index is 0.189. The highest BCUT2D eigenvalue weighted by molar-refractivity contribution is 5.88. The van der Waals surface area contributed by atoms with Gasteiger partial charge in [-0.3, -0.25) is 0 Å². The molecule has 3 nitrogen and oxygen atoms in total. The molecule has 28 heavy (non-hydrogen) atoms. The lowest BCUT2D eigenvalue weighted by Crippen LogP contribution is -2.35. The van der Waals surface area contributed by atoms with E-state index >= 15 is 0 Å². The van der Waals surface area contributed by atoms with Crippen LogP contribution in [0, 0.1) is 17.8 Å². The molecule has 2 fully saturated rings. The van der Waals surface area contributed by atoms with E-state index in [1.807, 2.05) is 0 Å². The standard InChI is InChI=1S/C22H20F3NO2/c23-22(24,25)15-3-1-2-13(9-15)20-19-12-5-4-11(8-12)18(19)16-10-14(21(27)28)6-7-17(16)26-20/h1-3,6-7,9-12,18-20,26H,4-5,8H2,(H,27,28)/t11-,12-,18-,19-,20+/m0/s1. The van der Waals surface area contributed by atoms with E-state index in [1.54, 1.807) is 24.3 Å². The first-order valence-corrected chi connectivity index (χ1v) is 9.64. The Morgan fingerprint density at radius 2 is 1.86 bits per heavy atom. The summed E-state index contributed by atoms with van der Waals surface area (Å²) in [6.45, 7) is 0. The molecule has 2 aliphatic carbocycles. The van der Waals surface area contributed by atoms with Crippen molar-refractivity contribution in [1.29, 1.82) is 0 Å². The first kappa shape index (κ1) is 17.6. The van der Waals surface area contributed by atoms with Crippen molar-refractivity contribution in [2.24, 2.45) is 17.8 Å². The molecular weight excluding hydrogens is 367 g/mol. The number of halogens is 3. The molecule has 3 aliphatic rings. The third-order valence-electron chi connectivity index (χ3n) is 6.91. The van der Waals surface area contributed by atoms with Gasteiger partial charge in [0.2, 0.25) is 0 Å². The quantitative estimate of drug-likeness (QED) is 0.695. The van der Waals surface area contributed by atoms with Gasteiger partial charge in [0.15, 0.2) is 0 Å². The maximum atomic E-state index is 13.2. The number of hydrogen-bond donors (Lipinski definition) is 2. The number of benzene rings is 2. The van der Waals surface area contributed by atoms with Gasteiger partial charge < -0.3 is 10.4 Å². The Morgan fingerprint density at radius 1 is 1.07 bits per heavy atom. The predicted molar refractivity (Wildman–Crippen MR) is 98.3 cm³/mol. The molecule has 0 radical (unpaired) electrons. The number of anilines is 1. The fourth-order valence-electron chi connectivity index (χ4n) is 5.86. The van der Waals surface area contributed by atoms with Crippen molar-refractivity contribution < 1.29 is 23.1 Å². The first-order chi connectivity index (χ1) is 13.3. The zero-order chi connectivity index (χ0) is 19.6. The molecular formula is C22H20F3NO2. The summed E-state index contributed by atoms with van der Waals surface area (Å²) in [5.74, 6) is 0.381. The van der Waals surface area contributed by atoms with Crippen LogP contribution < -0.4 is 5.32 Å². The van der Waals surface area contributed by atoms with Gasteiger partial charge in [-0.05, 0) is 84.4 Å². The molecule has 0 saturated heterocycles. The molecule has 1 heterocycles. The smallest absolute Gasteiger partial charge is 0.416 e. The molecule has 2 bridgehead atoms. The molecule has 2 aromatic rings. The van der Waals surface area contributed by atoms with Gasteiger partial charge in [-0.25, -0.2) is 4.79 Å². The zero-order valence-electron chi connectivity index (χ0n) is 15.0. The van der Waals surface area contributed by atoms with E-state index in [0.29, 0.717) is 17.4 Å². The van der Waals surface area contributed by atoms with E-state index in [-0.39, 0.29) is 23.4 Å². The lowest BCUT2D eigenvalue weighted by Gasteiger charge is -2.43. The van der Waals surface area contributed by atoms with Crippen molar-refractivity contribution in [2.75, 3.05) is 5.32 Å². The summed E-state index contributed by atoms with van der Waals surface area (Å²) >= 11 is 0. The van der Waals surface area contributed by atoms with Gasteiger partial charge in [0, 0.05) is 5.69 Å². The molecule has 0 amide bonds. The number of carbonyl (C=O) groups is 1. The van der Waals surface area contributed by atoms with Gasteiger partial charge in [-0.1, -0.05) is 12.1 Å². The normalized spacial score (nSPS) is 30.5. The van der Waals surface area contributed by atoms with E-state index in [2.05, 4.69) is 5.32 Å². The molecule has 146 valence electrons. The van der Waals surface area contributed by atoms with Crippen LogP contribution in [-0.2, 0) is 6.18 Å². The second-order valence-electron chi connectivity index (χ2n) is 8.29. The Bertz CT molecular complexity index is 955. The SMILES string of the molecule is O=C(O)c1ccc2c(c1)[C@@H]1[C@H]3CC[C@@H](C3)[C@@H]1[C@@H](c1cccc(C(F)(F)F)c1)N2. The number of fused-ring (bicyclic) bond motifs is 7. The van der Waals surface area contributed by atoms with Crippen molar-refractivity contribution >= 4 is 11.7 Å². The largest absolute Gasteiger partial charge is 0.478 e. The third kappa shape index (κ3) is 2.61. The highest BCUT2D eigenvalue weighted by Crippen LogP contribution is 2.63. The van der Waals surface area contributed by atoms with Crippen LogP contribution >= 0.6 is 0 Å². The van der Waals surface area contributed by atoms with Crippen LogP contribution in [0.4, 0.5) is 18.9 Å². The number of carboxylic acid groups (broad SMARTS) is 1. The third-order valence-corrected chi connectivity index (χ3v) is 6.91. The van der Waals surface area contributed by atoms with E-state index in [4.69, 9.17) is 0 Å². The first-order valence-electron chi connectivity index (χ1n) is 9.64. The zero-order valence-corrected chi connectivity index (χ0v) is 15.0. The highest BCUT2D eigenvalue weighted by atomic mass is 19.4. The number of alkyl halides is 3. The number of aromatic carboxylic acids is 1. The molecule has 5 atom stereocenters. The second-order valence-corrected chi connectivity index (χ2v) is 8.29. The Kier molecular flexibility index (Phi) is 3.77. The minimum Gasteiger partial charge on any atom is -0.478 e. The van der Waals surface area contributed by atoms with Crippen LogP contribution in [0.2, 0.25) is 0 Å². The van der Waals surface area contributed by atoms with Crippen molar-refractivity contribution in [1.82, 2.24) is 0 Å². The van der Waals surface area contributed by atoms with Crippen molar-refractivity contribution in [3.8, 4) is 0 Å². The Morgan fingerprint density at radius 3 is 2.61 bits per heavy atom. The summed E-state index contributed by atoms with van der Waals surface area (Å²) in [4.78, 5) is 11.4. The lowest BCUT2D eigenvalue weighted by molar-refractivity contribution is -0.137. The average Bonchev–Trinajstić information content (AvgIpc) is 3.29. The number of carboxylic acids is 1. The topological polar surface area (TPSA) is 49.3 Å². The van der Waals surface area contributed by atoms with E-state index in [1.165, 1.54) is 12.1 Å². The summed E-state index contributed by atoms with van der Waals surface area (Å²) in [6, 6.07) is 10.5. The van der Waals surface area contributed by atoms with Crippen molar-refractivity contribution in [3.05, 3.63) is 64.7 Å². The summed E-state index contributed by atoms with van der Waals surface area (Å²) < 4.78 is 39.7. The monoisotopic (exact) mass is 387 g/mol. The summed E-state index contributed by atoms with van der Waals surface area (Å²) in [5, 5.41) is 12.8. The fourth-order valence-corrected chi connectivity index (χ4v) is 5.86. The Labute approximate surface area is 160 Å². The van der Waals surface area contributed by atoms with E-state index < -0.39 is 17.7 Å². The molecule has 6 heteroatoms. The van der Waals surface area contributed by atoms with Crippen LogP contribution in [0.3, 0.4) is 0 Å². The fraction of sp³-hybridized carbons (Fsp3) is 0.409. The van der Waals surface area contributed by atoms with E-state index in [9.17, 15) is 23.1 Å². The molecule has 0 aromatic heterocycles. The summed E-state index contributed by atoms with van der Waals surface area (Å²) in [7, 11) is 0. The van der Waals surface area contributed by atoms with Gasteiger partial charge in [0.25, 0.3) is 0 Å². The molecule has 2 saturated carbocycles. The van der Waals surface area contributed by atoms with Gasteiger partial charge in [-0.2, -0.15) is 13.2 Å². The molecule has 0 spiro atoms. The average molecular weight is 387 g/mol. The Hall–Kier alpha value is -2.50. The maximum absolute atomic E-state index is 13.2. The number of rotatable bonds is 2. The van der Waals surface area contributed by atoms with Gasteiger partial charge >= 0.3 is 12.1 Å². The van der Waals surface area contributed by atoms with Crippen LogP contribution in [0.1, 0.15) is 58.3 Å². The van der Waals surface area contributed by atoms with Gasteiger partial charge in [0.1, 0.15) is 0 Å². The molecule has 1 aliphatic heterocycles. The minimum atomic E-state index is -4.37. The predicted octanol–water partition coefficient (Wildman–Crippen LogP) is 5.70. The second kappa shape index (κ2) is 6.00. The molecule has 2 N–H and O–H groups in total. The van der Waals surface area contributed by atoms with Crippen LogP contribution in [-0.4, -0.2) is 11.1 Å². The number of nitrogens with one attached hydrogen (secondary N) is 1. The highest BCUT2D eigenvalue weighted by Gasteiger charge is 2.54. The van der Waals surface area contributed by atoms with E-state index in [0.717, 1.165) is 36.6 Å². The molecule has 0 unspecified atom stereocenters. The lowest BCUT2D eigenvalue weighted by atomic mass is 9.68.